The Morgan fingerprint density at radius 2 is 1.47 bits per heavy atom. The lowest BCUT2D eigenvalue weighted by Gasteiger charge is -2.20. The first-order valence-corrected chi connectivity index (χ1v) is 10.5. The smallest absolute Gasteiger partial charge is 0.127 e. The fourth-order valence-electron chi connectivity index (χ4n) is 3.37. The van der Waals surface area contributed by atoms with Gasteiger partial charge in [-0.3, -0.25) is 0 Å². The van der Waals surface area contributed by atoms with Gasteiger partial charge >= 0.3 is 0 Å². The van der Waals surface area contributed by atoms with Crippen molar-refractivity contribution < 1.29 is 4.74 Å². The molecule has 0 aliphatic rings. The van der Waals surface area contributed by atoms with Crippen LogP contribution in [0.15, 0.2) is 97.1 Å². The molecular weight excluding hydrogens is 411 g/mol. The van der Waals surface area contributed by atoms with Crippen LogP contribution in [0.4, 0.5) is 0 Å². The summed E-state index contributed by atoms with van der Waals surface area (Å²) in [7, 11) is 0. The third-order valence-electron chi connectivity index (χ3n) is 4.92. The van der Waals surface area contributed by atoms with Gasteiger partial charge < -0.3 is 4.74 Å². The van der Waals surface area contributed by atoms with Gasteiger partial charge in [-0.05, 0) is 66.4 Å². The van der Waals surface area contributed by atoms with Gasteiger partial charge in [0, 0.05) is 16.0 Å². The van der Waals surface area contributed by atoms with Crippen LogP contribution in [0.3, 0.4) is 0 Å². The Morgan fingerprint density at radius 3 is 2.20 bits per heavy atom. The summed E-state index contributed by atoms with van der Waals surface area (Å²) in [4.78, 5) is 0. The first-order chi connectivity index (χ1) is 14.6. The average molecular weight is 432 g/mol. The van der Waals surface area contributed by atoms with E-state index in [4.69, 9.17) is 27.9 Å². The highest BCUT2D eigenvalue weighted by Crippen LogP contribution is 2.35. The van der Waals surface area contributed by atoms with E-state index >= 15 is 0 Å². The molecule has 0 saturated heterocycles. The number of benzene rings is 4. The highest BCUT2D eigenvalue weighted by molar-refractivity contribution is 6.35. The molecule has 149 valence electrons. The van der Waals surface area contributed by atoms with Crippen LogP contribution >= 0.6 is 23.2 Å². The van der Waals surface area contributed by atoms with E-state index in [-0.39, 0.29) is 0 Å². The Balaban J connectivity index is 1.71. The van der Waals surface area contributed by atoms with Crippen LogP contribution in [-0.2, 0) is 6.42 Å². The maximum atomic E-state index is 6.60. The van der Waals surface area contributed by atoms with Gasteiger partial charge in [-0.1, -0.05) is 89.4 Å². The zero-order valence-electron chi connectivity index (χ0n) is 16.6. The summed E-state index contributed by atoms with van der Waals surface area (Å²) in [5.74, 6) is 2.71. The minimum absolute atomic E-state index is 0.625. The molecule has 4 aromatic carbocycles. The van der Waals surface area contributed by atoms with E-state index in [1.54, 1.807) is 6.07 Å². The predicted molar refractivity (Wildman–Crippen MR) is 126 cm³/mol. The quantitative estimate of drug-likeness (QED) is 0.298. The van der Waals surface area contributed by atoms with E-state index in [9.17, 15) is 0 Å². The number of para-hydroxylation sites is 1. The van der Waals surface area contributed by atoms with Gasteiger partial charge in [-0.15, -0.1) is 0 Å². The van der Waals surface area contributed by atoms with E-state index in [0.717, 1.165) is 35.0 Å². The summed E-state index contributed by atoms with van der Waals surface area (Å²) in [6.07, 6.45) is 0.746. The maximum absolute atomic E-state index is 6.60. The number of ether oxygens (including phenoxy) is 1. The number of halogens is 2. The second-order valence-corrected chi connectivity index (χ2v) is 8.05. The molecule has 0 N–H and O–H groups in total. The van der Waals surface area contributed by atoms with Gasteiger partial charge in [0.2, 0.25) is 0 Å². The van der Waals surface area contributed by atoms with E-state index in [1.807, 2.05) is 54.6 Å². The van der Waals surface area contributed by atoms with Gasteiger partial charge in [0.25, 0.3) is 0 Å². The van der Waals surface area contributed by atoms with Crippen molar-refractivity contribution in [3.8, 4) is 11.5 Å². The Morgan fingerprint density at radius 1 is 0.733 bits per heavy atom. The fraction of sp³-hybridized carbons (Fsp3) is 0.0741. The Kier molecular flexibility index (Phi) is 6.42. The first kappa shape index (κ1) is 20.5. The summed E-state index contributed by atoms with van der Waals surface area (Å²) >= 11 is 12.7. The van der Waals surface area contributed by atoms with Gasteiger partial charge in [0.15, 0.2) is 0 Å². The Hall–Kier alpha value is -2.74. The van der Waals surface area contributed by atoms with Crippen LogP contribution < -0.4 is 4.74 Å². The van der Waals surface area contributed by atoms with E-state index in [1.165, 1.54) is 11.1 Å². The molecule has 0 aliphatic carbocycles. The SMILES string of the molecule is Cc1ccc(C[C](c2cccc(Oc3ccccc3)c2)c2ccc(Cl)cc2Cl)cc1. The van der Waals surface area contributed by atoms with Crippen molar-refractivity contribution in [1.82, 2.24) is 0 Å². The molecule has 0 atom stereocenters. The Labute approximate surface area is 187 Å². The summed E-state index contributed by atoms with van der Waals surface area (Å²) in [6, 6.07) is 32.1. The van der Waals surface area contributed by atoms with Crippen molar-refractivity contribution in [3.05, 3.63) is 135 Å². The molecule has 4 aromatic rings. The molecule has 0 spiro atoms. The summed E-state index contributed by atoms with van der Waals surface area (Å²) < 4.78 is 6.05. The lowest BCUT2D eigenvalue weighted by atomic mass is 9.85. The van der Waals surface area contributed by atoms with Gasteiger partial charge in [-0.25, -0.2) is 0 Å². The molecule has 3 heteroatoms. The van der Waals surface area contributed by atoms with Gasteiger partial charge in [0.05, 0.1) is 0 Å². The van der Waals surface area contributed by atoms with Crippen molar-refractivity contribution in [3.63, 3.8) is 0 Å². The second kappa shape index (κ2) is 9.38. The molecule has 0 aliphatic heterocycles. The molecular formula is C27H21Cl2O. The molecule has 0 heterocycles. The molecule has 0 aromatic heterocycles. The monoisotopic (exact) mass is 431 g/mol. The van der Waals surface area contributed by atoms with Crippen LogP contribution in [0.5, 0.6) is 11.5 Å². The van der Waals surface area contributed by atoms with E-state index < -0.39 is 0 Å². The molecule has 0 amide bonds. The van der Waals surface area contributed by atoms with E-state index in [2.05, 4.69) is 43.3 Å². The minimum atomic E-state index is 0.625. The minimum Gasteiger partial charge on any atom is -0.457 e. The standard InChI is InChI=1S/C27H21Cl2O/c1-19-10-12-20(13-11-19)16-26(25-15-14-22(28)18-27(25)29)21-6-5-9-24(17-21)30-23-7-3-2-4-8-23/h2-15,17-18H,16H2,1H3. The van der Waals surface area contributed by atoms with Crippen molar-refractivity contribution in [2.24, 2.45) is 0 Å². The topological polar surface area (TPSA) is 9.23 Å². The van der Waals surface area contributed by atoms with Crippen molar-refractivity contribution in [1.29, 1.82) is 0 Å². The van der Waals surface area contributed by atoms with Crippen LogP contribution in [0, 0.1) is 12.8 Å². The normalized spacial score (nSPS) is 10.9. The highest BCUT2D eigenvalue weighted by atomic mass is 35.5. The van der Waals surface area contributed by atoms with Crippen LogP contribution in [0.2, 0.25) is 10.0 Å². The number of rotatable bonds is 6. The largest absolute Gasteiger partial charge is 0.457 e. The van der Waals surface area contributed by atoms with Crippen molar-refractivity contribution >= 4 is 23.2 Å². The molecule has 30 heavy (non-hydrogen) atoms. The number of hydrogen-bond donors (Lipinski definition) is 0. The van der Waals surface area contributed by atoms with Crippen molar-refractivity contribution in [2.45, 2.75) is 13.3 Å². The zero-order chi connectivity index (χ0) is 20.9. The third kappa shape index (κ3) is 5.05. The summed E-state index contributed by atoms with van der Waals surface area (Å²) in [5.41, 5.74) is 4.49. The third-order valence-corrected chi connectivity index (χ3v) is 5.47. The van der Waals surface area contributed by atoms with Gasteiger partial charge in [-0.2, -0.15) is 0 Å². The molecule has 0 bridgehead atoms. The lowest BCUT2D eigenvalue weighted by molar-refractivity contribution is 0.482. The zero-order valence-corrected chi connectivity index (χ0v) is 18.1. The molecule has 0 saturated carbocycles. The summed E-state index contributed by atoms with van der Waals surface area (Å²) in [5, 5.41) is 1.26. The first-order valence-electron chi connectivity index (χ1n) is 9.78. The molecule has 0 fully saturated rings. The average Bonchev–Trinajstić information content (AvgIpc) is 2.75. The molecule has 1 nitrogen and oxygen atoms in total. The van der Waals surface area contributed by atoms with Gasteiger partial charge in [0.1, 0.15) is 11.5 Å². The molecule has 1 radical (unpaired) electrons. The fourth-order valence-corrected chi connectivity index (χ4v) is 3.89. The molecule has 4 rings (SSSR count). The number of hydrogen-bond acceptors (Lipinski definition) is 1. The summed E-state index contributed by atoms with van der Waals surface area (Å²) in [6.45, 7) is 2.09. The maximum Gasteiger partial charge on any atom is 0.127 e. The predicted octanol–water partition coefficient (Wildman–Crippen LogP) is 8.31. The van der Waals surface area contributed by atoms with Crippen molar-refractivity contribution in [2.75, 3.05) is 0 Å². The molecule has 0 unspecified atom stereocenters. The van der Waals surface area contributed by atoms with Crippen LogP contribution in [0.1, 0.15) is 22.3 Å². The lowest BCUT2D eigenvalue weighted by Crippen LogP contribution is -2.07. The van der Waals surface area contributed by atoms with Crippen LogP contribution in [-0.4, -0.2) is 0 Å². The Bertz CT molecular complexity index is 1120. The number of aryl methyl sites for hydroxylation is 1. The highest BCUT2D eigenvalue weighted by Gasteiger charge is 2.20. The van der Waals surface area contributed by atoms with Crippen LogP contribution in [0.25, 0.3) is 0 Å². The van der Waals surface area contributed by atoms with E-state index in [0.29, 0.717) is 10.0 Å². The second-order valence-electron chi connectivity index (χ2n) is 7.21.